The Labute approximate surface area is 217 Å². The maximum atomic E-state index is 9.27. The number of benzene rings is 2. The summed E-state index contributed by atoms with van der Waals surface area (Å²) in [6.07, 6.45) is 8.66. The van der Waals surface area contributed by atoms with Crippen LogP contribution in [-0.4, -0.2) is 59.3 Å². The second-order valence-electron chi connectivity index (χ2n) is 9.41. The molecule has 5 rings (SSSR count). The molecule has 3 heterocycles. The zero-order chi connectivity index (χ0) is 25.8. The third-order valence-electron chi connectivity index (χ3n) is 7.05. The van der Waals surface area contributed by atoms with Gasteiger partial charge in [0.05, 0.1) is 49.6 Å². The van der Waals surface area contributed by atoms with Gasteiger partial charge in [-0.2, -0.15) is 5.26 Å². The first-order chi connectivity index (χ1) is 18.1. The van der Waals surface area contributed by atoms with Crippen LogP contribution in [-0.2, 0) is 7.05 Å². The van der Waals surface area contributed by atoms with Gasteiger partial charge >= 0.3 is 0 Å². The van der Waals surface area contributed by atoms with Gasteiger partial charge in [0.1, 0.15) is 11.5 Å². The third kappa shape index (κ3) is 5.37. The summed E-state index contributed by atoms with van der Waals surface area (Å²) in [6, 6.07) is 16.8. The summed E-state index contributed by atoms with van der Waals surface area (Å²) in [5, 5.41) is 9.27. The highest BCUT2D eigenvalue weighted by Gasteiger charge is 2.25. The summed E-state index contributed by atoms with van der Waals surface area (Å²) in [6.45, 7) is 2.61. The Hall–Kier alpha value is -4.09. The average molecular weight is 497 g/mol. The number of nitrogens with zero attached hydrogens (tertiary/aromatic N) is 6. The maximum Gasteiger partial charge on any atom is 0.124 e. The molecule has 0 saturated carbocycles. The maximum absolute atomic E-state index is 9.27. The van der Waals surface area contributed by atoms with E-state index in [1.54, 1.807) is 14.2 Å². The number of hydrogen-bond acceptors (Lipinski definition) is 7. The molecule has 2 aromatic carbocycles. The van der Waals surface area contributed by atoms with Crippen molar-refractivity contribution in [2.24, 2.45) is 7.05 Å². The Kier molecular flexibility index (Phi) is 7.24. The molecule has 1 aliphatic heterocycles. The van der Waals surface area contributed by atoms with Gasteiger partial charge in [0.15, 0.2) is 0 Å². The van der Waals surface area contributed by atoms with Gasteiger partial charge in [-0.3, -0.25) is 9.88 Å². The van der Waals surface area contributed by atoms with Crippen LogP contribution in [0.2, 0.25) is 0 Å². The van der Waals surface area contributed by atoms with Gasteiger partial charge in [-0.05, 0) is 43.7 Å². The number of likely N-dealkylation sites (tertiary alicyclic amines) is 1. The number of rotatable bonds is 9. The average Bonchev–Trinajstić information content (AvgIpc) is 3.57. The lowest BCUT2D eigenvalue weighted by Gasteiger charge is -2.30. The summed E-state index contributed by atoms with van der Waals surface area (Å²) in [5.41, 5.74) is 5.55. The van der Waals surface area contributed by atoms with Gasteiger partial charge in [0.2, 0.25) is 0 Å². The van der Waals surface area contributed by atoms with Gasteiger partial charge < -0.3 is 18.9 Å². The Morgan fingerprint density at radius 2 is 1.86 bits per heavy atom. The molecule has 37 heavy (non-hydrogen) atoms. The van der Waals surface area contributed by atoms with Crippen molar-refractivity contribution < 1.29 is 9.47 Å². The molecular formula is C29H32N6O2. The van der Waals surface area contributed by atoms with Gasteiger partial charge in [-0.1, -0.05) is 0 Å². The summed E-state index contributed by atoms with van der Waals surface area (Å²) >= 11 is 0. The minimum atomic E-state index is 0.322. The Bertz CT molecular complexity index is 1400. The number of methoxy groups -OCH3 is 2. The number of nitriles is 1. The molecule has 0 N–H and O–H groups in total. The molecule has 1 saturated heterocycles. The van der Waals surface area contributed by atoms with Crippen LogP contribution >= 0.6 is 0 Å². The van der Waals surface area contributed by atoms with Crippen molar-refractivity contribution in [2.75, 3.05) is 38.8 Å². The monoisotopic (exact) mass is 496 g/mol. The van der Waals surface area contributed by atoms with Crippen molar-refractivity contribution in [2.45, 2.75) is 25.3 Å². The Morgan fingerprint density at radius 3 is 2.57 bits per heavy atom. The molecule has 0 bridgehead atoms. The molecule has 0 radical (unpaired) electrons. The van der Waals surface area contributed by atoms with E-state index in [9.17, 15) is 5.26 Å². The minimum Gasteiger partial charge on any atom is -0.497 e. The quantitative estimate of drug-likeness (QED) is 0.316. The molecule has 0 amide bonds. The molecule has 190 valence electrons. The third-order valence-corrected chi connectivity index (χ3v) is 7.05. The lowest BCUT2D eigenvalue weighted by molar-refractivity contribution is 0.263. The topological polar surface area (TPSA) is 79.4 Å². The van der Waals surface area contributed by atoms with E-state index >= 15 is 0 Å². The van der Waals surface area contributed by atoms with Gasteiger partial charge in [-0.25, -0.2) is 4.98 Å². The fraction of sp³-hybridized carbons (Fsp3) is 0.345. The summed E-state index contributed by atoms with van der Waals surface area (Å²) in [4.78, 5) is 14.3. The van der Waals surface area contributed by atoms with Crippen LogP contribution in [0.25, 0.3) is 22.3 Å². The lowest BCUT2D eigenvalue weighted by Crippen LogP contribution is -2.36. The first kappa shape index (κ1) is 24.6. The van der Waals surface area contributed by atoms with E-state index in [1.165, 1.54) is 0 Å². The van der Waals surface area contributed by atoms with Crippen LogP contribution in [0.1, 0.15) is 19.3 Å². The zero-order valence-corrected chi connectivity index (χ0v) is 21.6. The number of aryl methyl sites for hydroxylation is 1. The number of fused-ring (bicyclic) bond motifs is 1. The van der Waals surface area contributed by atoms with Gasteiger partial charge in [0.25, 0.3) is 0 Å². The predicted octanol–water partition coefficient (Wildman–Crippen LogP) is 5.17. The highest BCUT2D eigenvalue weighted by molar-refractivity contribution is 5.82. The molecule has 8 heteroatoms. The minimum absolute atomic E-state index is 0.322. The molecule has 1 fully saturated rings. The highest BCUT2D eigenvalue weighted by Crippen LogP contribution is 2.34. The van der Waals surface area contributed by atoms with Crippen LogP contribution in [0, 0.1) is 11.3 Å². The van der Waals surface area contributed by atoms with Crippen molar-refractivity contribution >= 4 is 22.4 Å². The fourth-order valence-corrected chi connectivity index (χ4v) is 5.07. The second-order valence-corrected chi connectivity index (χ2v) is 9.41. The molecule has 0 spiro atoms. The zero-order valence-electron chi connectivity index (χ0n) is 21.6. The fourth-order valence-electron chi connectivity index (χ4n) is 5.07. The van der Waals surface area contributed by atoms with Crippen LogP contribution < -0.4 is 14.4 Å². The van der Waals surface area contributed by atoms with Crippen LogP contribution in [0.5, 0.6) is 11.5 Å². The number of hydrogen-bond donors (Lipinski definition) is 0. The molecule has 0 aliphatic carbocycles. The molecule has 1 aliphatic rings. The highest BCUT2D eigenvalue weighted by atomic mass is 16.5. The number of anilines is 2. The molecule has 2 aromatic heterocycles. The van der Waals surface area contributed by atoms with Crippen molar-refractivity contribution in [3.63, 3.8) is 0 Å². The van der Waals surface area contributed by atoms with E-state index < -0.39 is 0 Å². The number of aromatic nitrogens is 3. The van der Waals surface area contributed by atoms with Crippen LogP contribution in [0.4, 0.5) is 11.4 Å². The Balaban J connectivity index is 1.53. The van der Waals surface area contributed by atoms with Crippen molar-refractivity contribution in [1.29, 1.82) is 5.26 Å². The van der Waals surface area contributed by atoms with E-state index in [-0.39, 0.29) is 0 Å². The van der Waals surface area contributed by atoms with E-state index in [0.29, 0.717) is 12.5 Å². The van der Waals surface area contributed by atoms with Gasteiger partial charge in [0, 0.05) is 73.7 Å². The molecule has 8 nitrogen and oxygen atoms in total. The van der Waals surface area contributed by atoms with Crippen molar-refractivity contribution in [3.8, 4) is 28.8 Å². The SMILES string of the molecule is COc1cc(OC)cc(N(CCN2CCC[C@H]2CC#N)c2ccc3ncc(-c4ccn(C)c4)nc3c2)c1. The molecular weight excluding hydrogens is 464 g/mol. The molecule has 0 unspecified atom stereocenters. The first-order valence-electron chi connectivity index (χ1n) is 12.6. The largest absolute Gasteiger partial charge is 0.497 e. The van der Waals surface area contributed by atoms with Gasteiger partial charge in [-0.15, -0.1) is 0 Å². The lowest BCUT2D eigenvalue weighted by atomic mass is 10.1. The van der Waals surface area contributed by atoms with Crippen LogP contribution in [0.3, 0.4) is 0 Å². The van der Waals surface area contributed by atoms with Crippen molar-refractivity contribution in [1.82, 2.24) is 19.4 Å². The normalized spacial score (nSPS) is 15.6. The van der Waals surface area contributed by atoms with Crippen molar-refractivity contribution in [3.05, 3.63) is 61.1 Å². The summed E-state index contributed by atoms with van der Waals surface area (Å²) in [5.74, 6) is 1.46. The predicted molar refractivity (Wildman–Crippen MR) is 145 cm³/mol. The Morgan fingerprint density at radius 1 is 1.05 bits per heavy atom. The smallest absolute Gasteiger partial charge is 0.124 e. The summed E-state index contributed by atoms with van der Waals surface area (Å²) in [7, 11) is 5.32. The number of ether oxygens (including phenoxy) is 2. The standard InChI is InChI=1S/C29H32N6O2/c1-33-12-9-21(20-33)29-19-31-27-7-6-23(17-28(27)32-29)35(14-13-34-11-4-5-22(34)8-10-30)24-15-25(36-2)18-26(16-24)37-3/h6-7,9,12,15-20,22H,4-5,8,11,13-14H2,1-3H3/t22-/m0/s1. The van der Waals surface area contributed by atoms with E-state index in [0.717, 1.165) is 77.6 Å². The van der Waals surface area contributed by atoms with Crippen LogP contribution in [0.15, 0.2) is 61.1 Å². The van der Waals surface area contributed by atoms with E-state index in [4.69, 9.17) is 14.5 Å². The first-order valence-corrected chi connectivity index (χ1v) is 12.6. The summed E-state index contributed by atoms with van der Waals surface area (Å²) < 4.78 is 13.1. The molecule has 1 atom stereocenters. The van der Waals surface area contributed by atoms with E-state index in [2.05, 4.69) is 33.0 Å². The molecule has 4 aromatic rings. The van der Waals surface area contributed by atoms with E-state index in [1.807, 2.05) is 60.5 Å². The second kappa shape index (κ2) is 10.9.